The number of aromatic nitrogens is 2. The van der Waals surface area contributed by atoms with Crippen LogP contribution in [0.25, 0.3) is 16.6 Å². The molecular formula is C49H57ClN8O7S. The molecule has 348 valence electrons. The molecule has 15 nitrogen and oxygen atoms in total. The summed E-state index contributed by atoms with van der Waals surface area (Å²) in [6.45, 7) is 11.8. The van der Waals surface area contributed by atoms with E-state index in [2.05, 4.69) is 60.7 Å². The van der Waals surface area contributed by atoms with E-state index in [9.17, 15) is 23.3 Å². The number of pyridine rings is 1. The highest BCUT2D eigenvalue weighted by molar-refractivity contribution is 7.90. The lowest BCUT2D eigenvalue weighted by molar-refractivity contribution is -0.384. The summed E-state index contributed by atoms with van der Waals surface area (Å²) in [5.74, 6) is -0.457. The van der Waals surface area contributed by atoms with E-state index >= 15 is 0 Å². The van der Waals surface area contributed by atoms with Crippen LogP contribution in [0.4, 0.5) is 17.1 Å². The van der Waals surface area contributed by atoms with Crippen LogP contribution in [-0.4, -0.2) is 110 Å². The minimum absolute atomic E-state index is 0.0313. The smallest absolute Gasteiger partial charge is 0.293 e. The third kappa shape index (κ3) is 10.5. The van der Waals surface area contributed by atoms with Crippen LogP contribution in [0.3, 0.4) is 0 Å². The molecule has 9 rings (SSSR count). The molecule has 66 heavy (non-hydrogen) atoms. The fourth-order valence-corrected chi connectivity index (χ4v) is 11.0. The van der Waals surface area contributed by atoms with E-state index < -0.39 is 31.4 Å². The minimum atomic E-state index is -4.58. The zero-order valence-corrected chi connectivity index (χ0v) is 39.0. The summed E-state index contributed by atoms with van der Waals surface area (Å²) in [6.07, 6.45) is 10.2. The maximum absolute atomic E-state index is 14.1. The van der Waals surface area contributed by atoms with Crippen LogP contribution in [0.2, 0.25) is 5.02 Å². The Morgan fingerprint density at radius 3 is 2.56 bits per heavy atom. The molecule has 0 bridgehead atoms. The molecule has 3 aromatic carbocycles. The number of piperazine rings is 1. The van der Waals surface area contributed by atoms with Gasteiger partial charge in [-0.15, -0.1) is 0 Å². The third-order valence-corrected chi connectivity index (χ3v) is 15.1. The van der Waals surface area contributed by atoms with Crippen molar-refractivity contribution in [2.24, 2.45) is 5.41 Å². The fraction of sp³-hybridized carbons (Fsp3) is 0.429. The van der Waals surface area contributed by atoms with Gasteiger partial charge in [-0.2, -0.15) is 0 Å². The number of aromatic amines is 1. The Balaban J connectivity index is 0.917. The van der Waals surface area contributed by atoms with E-state index in [1.54, 1.807) is 30.5 Å². The highest BCUT2D eigenvalue weighted by atomic mass is 35.5. The molecular weight excluding hydrogens is 880 g/mol. The van der Waals surface area contributed by atoms with Gasteiger partial charge in [-0.1, -0.05) is 43.2 Å². The van der Waals surface area contributed by atoms with E-state index in [-0.39, 0.29) is 28.5 Å². The average molecular weight is 938 g/mol. The summed E-state index contributed by atoms with van der Waals surface area (Å²) in [6, 6.07) is 21.0. The van der Waals surface area contributed by atoms with Crippen LogP contribution in [0.15, 0.2) is 95.7 Å². The second kappa shape index (κ2) is 19.4. The summed E-state index contributed by atoms with van der Waals surface area (Å²) >= 11 is 6.25. The van der Waals surface area contributed by atoms with Gasteiger partial charge < -0.3 is 24.7 Å². The van der Waals surface area contributed by atoms with Gasteiger partial charge in [0.1, 0.15) is 22.8 Å². The van der Waals surface area contributed by atoms with E-state index in [0.29, 0.717) is 17.4 Å². The van der Waals surface area contributed by atoms with Gasteiger partial charge in [0.05, 0.1) is 21.6 Å². The second-order valence-electron chi connectivity index (χ2n) is 18.8. The normalized spacial score (nSPS) is 20.0. The Bertz CT molecular complexity index is 2730. The monoisotopic (exact) mass is 936 g/mol. The molecule has 0 saturated carbocycles. The molecule has 1 amide bonds. The van der Waals surface area contributed by atoms with Crippen molar-refractivity contribution in [3.8, 4) is 11.5 Å². The van der Waals surface area contributed by atoms with Gasteiger partial charge in [-0.3, -0.25) is 24.7 Å². The van der Waals surface area contributed by atoms with Crippen LogP contribution in [0.1, 0.15) is 74.7 Å². The van der Waals surface area contributed by atoms with Crippen LogP contribution in [0, 0.1) is 15.5 Å². The fourth-order valence-electron chi connectivity index (χ4n) is 9.89. The first kappa shape index (κ1) is 45.6. The standard InChI is InChI=1S/C49H57ClN8O7S/c1-49(2)17-13-35(43(29-49)33-5-7-36(50)8-6-33)31-55-20-22-56(23-21-55)39-9-11-42(46(27-39)65-40-26-34-14-18-51-47(34)52-30-40)48(59)54-66(62,63)41-10-12-44(45(28-41)58(60)61)53-37-4-3-19-57(32-37)38-15-24-64-25-16-38/h5-12,14,18,26-28,30,37-38,53H,3-4,13,15-17,19-25,29,31-32H2,1-2H3,(H,51,52)(H,54,59)/t37-/m0/s1. The van der Waals surface area contributed by atoms with Crippen LogP contribution >= 0.6 is 11.6 Å². The summed E-state index contributed by atoms with van der Waals surface area (Å²) in [7, 11) is -4.58. The lowest BCUT2D eigenvalue weighted by Crippen LogP contribution is -2.48. The van der Waals surface area contributed by atoms with Crippen molar-refractivity contribution in [1.82, 2.24) is 24.5 Å². The molecule has 3 aliphatic heterocycles. The molecule has 3 saturated heterocycles. The number of sulfonamides is 1. The number of nitrogens with zero attached hydrogens (tertiary/aromatic N) is 5. The van der Waals surface area contributed by atoms with E-state index in [1.807, 2.05) is 18.2 Å². The second-order valence-corrected chi connectivity index (χ2v) is 20.9. The molecule has 1 aliphatic carbocycles. The molecule has 5 aromatic rings. The first-order valence-corrected chi connectivity index (χ1v) is 24.8. The number of amides is 1. The maximum atomic E-state index is 14.1. The molecule has 3 fully saturated rings. The van der Waals surface area contributed by atoms with Crippen molar-refractivity contribution in [2.75, 3.05) is 69.2 Å². The number of carbonyl (C=O) groups is 1. The topological polar surface area (TPSA) is 175 Å². The number of hydrogen-bond acceptors (Lipinski definition) is 12. The zero-order valence-electron chi connectivity index (χ0n) is 37.4. The summed E-state index contributed by atoms with van der Waals surface area (Å²) < 4.78 is 41.8. The van der Waals surface area contributed by atoms with Gasteiger partial charge >= 0.3 is 0 Å². The number of H-pyrrole nitrogens is 1. The van der Waals surface area contributed by atoms with Crippen LogP contribution < -0.4 is 19.7 Å². The highest BCUT2D eigenvalue weighted by Gasteiger charge is 2.32. The number of halogens is 1. The molecule has 0 unspecified atom stereocenters. The third-order valence-electron chi connectivity index (χ3n) is 13.6. The van der Waals surface area contributed by atoms with Crippen molar-refractivity contribution < 1.29 is 27.6 Å². The molecule has 0 radical (unpaired) electrons. The number of fused-ring (bicyclic) bond motifs is 1. The number of piperidine rings is 1. The lowest BCUT2D eigenvalue weighted by Gasteiger charge is -2.40. The predicted molar refractivity (Wildman–Crippen MR) is 257 cm³/mol. The minimum Gasteiger partial charge on any atom is -0.455 e. The number of carbonyl (C=O) groups excluding carboxylic acids is 1. The SMILES string of the molecule is CC1(C)CCC(CN2CCN(c3ccc(C(=O)NS(=O)(=O)c4ccc(N[C@H]5CCCN(C6CCOCC6)C5)c([N+](=O)[O-])c4)c(Oc4cnc5[nH]ccc5c4)c3)CC2)=C(c2ccc(Cl)cc2)C1. The predicted octanol–water partition coefficient (Wildman–Crippen LogP) is 8.88. The first-order valence-electron chi connectivity index (χ1n) is 22.9. The van der Waals surface area contributed by atoms with Crippen LogP contribution in [-0.2, 0) is 14.8 Å². The molecule has 2 aromatic heterocycles. The molecule has 5 heterocycles. The molecule has 1 atom stereocenters. The van der Waals surface area contributed by atoms with Crippen molar-refractivity contribution in [1.29, 1.82) is 0 Å². The highest BCUT2D eigenvalue weighted by Crippen LogP contribution is 2.43. The van der Waals surface area contributed by atoms with Crippen molar-refractivity contribution >= 4 is 61.2 Å². The Hall–Kier alpha value is -5.52. The number of nitrogens with one attached hydrogen (secondary N) is 3. The summed E-state index contributed by atoms with van der Waals surface area (Å²) in [4.78, 5) is 40.1. The zero-order chi connectivity index (χ0) is 46.0. The number of hydrogen-bond donors (Lipinski definition) is 3. The molecule has 3 N–H and O–H groups in total. The molecule has 0 spiro atoms. The van der Waals surface area contributed by atoms with E-state index in [4.69, 9.17) is 21.1 Å². The van der Waals surface area contributed by atoms with Crippen molar-refractivity contribution in [3.05, 3.63) is 117 Å². The number of nitro benzene ring substituents is 1. The van der Waals surface area contributed by atoms with E-state index in [1.165, 1.54) is 35.0 Å². The van der Waals surface area contributed by atoms with Crippen LogP contribution in [0.5, 0.6) is 11.5 Å². The number of benzene rings is 3. The van der Waals surface area contributed by atoms with Gasteiger partial charge in [0, 0.05) is 99.0 Å². The number of anilines is 2. The van der Waals surface area contributed by atoms with Crippen molar-refractivity contribution in [3.63, 3.8) is 0 Å². The Kier molecular flexibility index (Phi) is 13.4. The number of likely N-dealkylation sites (tertiary alicyclic amines) is 1. The number of rotatable bonds is 13. The lowest BCUT2D eigenvalue weighted by atomic mass is 9.72. The maximum Gasteiger partial charge on any atom is 0.293 e. The van der Waals surface area contributed by atoms with Gasteiger partial charge in [0.15, 0.2) is 0 Å². The van der Waals surface area contributed by atoms with Gasteiger partial charge in [-0.25, -0.2) is 18.1 Å². The number of allylic oxidation sites excluding steroid dienone is 1. The van der Waals surface area contributed by atoms with Gasteiger partial charge in [0.2, 0.25) is 0 Å². The van der Waals surface area contributed by atoms with Crippen molar-refractivity contribution in [2.45, 2.75) is 75.8 Å². The van der Waals surface area contributed by atoms with Gasteiger partial charge in [0.25, 0.3) is 21.6 Å². The first-order chi connectivity index (χ1) is 31.8. The quantitative estimate of drug-likeness (QED) is 0.0757. The Morgan fingerprint density at radius 2 is 1.79 bits per heavy atom. The molecule has 4 aliphatic rings. The number of nitro groups is 1. The number of ether oxygens (including phenoxy) is 2. The Labute approximate surface area is 390 Å². The summed E-state index contributed by atoms with van der Waals surface area (Å²) in [5, 5.41) is 17.2. The summed E-state index contributed by atoms with van der Waals surface area (Å²) in [5.41, 5.74) is 5.61. The van der Waals surface area contributed by atoms with Gasteiger partial charge in [-0.05, 0) is 117 Å². The average Bonchev–Trinajstić information content (AvgIpc) is 3.78. The largest absolute Gasteiger partial charge is 0.455 e. The Morgan fingerprint density at radius 1 is 1.00 bits per heavy atom. The molecule has 17 heteroatoms. The van der Waals surface area contributed by atoms with E-state index in [0.717, 1.165) is 126 Å².